The maximum Gasteiger partial charge on any atom is 0.246 e. The van der Waals surface area contributed by atoms with Crippen molar-refractivity contribution in [2.45, 2.75) is 38.1 Å². The molecule has 0 bridgehead atoms. The van der Waals surface area contributed by atoms with Crippen LogP contribution in [0.25, 0.3) is 6.08 Å². The normalized spacial score (nSPS) is 25.4. The number of hydrogen-bond donors (Lipinski definition) is 0. The first-order chi connectivity index (χ1) is 14.5. The van der Waals surface area contributed by atoms with Crippen LogP contribution in [0.4, 0.5) is 8.78 Å². The molecule has 162 valence electrons. The predicted molar refractivity (Wildman–Crippen MR) is 108 cm³/mol. The Balaban J connectivity index is 1.39. The molecule has 3 aliphatic heterocycles. The zero-order chi connectivity index (χ0) is 21.1. The summed E-state index contributed by atoms with van der Waals surface area (Å²) in [7, 11) is 0. The van der Waals surface area contributed by atoms with Crippen LogP contribution in [0.15, 0.2) is 24.3 Å². The molecule has 3 aliphatic rings. The number of fused-ring (bicyclic) bond motifs is 1. The highest BCUT2D eigenvalue weighted by Crippen LogP contribution is 2.32. The van der Waals surface area contributed by atoms with Crippen LogP contribution in [0.1, 0.15) is 37.7 Å². The number of piperidine rings is 2. The minimum atomic E-state index is -0.685. The van der Waals surface area contributed by atoms with E-state index < -0.39 is 11.6 Å². The first-order valence-corrected chi connectivity index (χ1v) is 10.8. The molecule has 3 heterocycles. The number of ether oxygens (including phenoxy) is 1. The smallest absolute Gasteiger partial charge is 0.246 e. The number of rotatable bonds is 3. The van der Waals surface area contributed by atoms with Crippen molar-refractivity contribution in [2.75, 3.05) is 32.8 Å². The van der Waals surface area contributed by atoms with Crippen LogP contribution >= 0.6 is 0 Å². The summed E-state index contributed by atoms with van der Waals surface area (Å²) in [6.45, 7) is 3.33. The van der Waals surface area contributed by atoms with Crippen molar-refractivity contribution in [3.05, 3.63) is 41.5 Å². The zero-order valence-electron chi connectivity index (χ0n) is 17.1. The van der Waals surface area contributed by atoms with E-state index in [0.717, 1.165) is 38.2 Å². The van der Waals surface area contributed by atoms with E-state index in [1.165, 1.54) is 24.3 Å². The Kier molecular flexibility index (Phi) is 6.46. The minimum Gasteiger partial charge on any atom is -0.381 e. The molecule has 0 N–H and O–H groups in total. The van der Waals surface area contributed by atoms with E-state index in [0.29, 0.717) is 32.8 Å². The van der Waals surface area contributed by atoms with Crippen LogP contribution in [0, 0.1) is 23.5 Å². The largest absolute Gasteiger partial charge is 0.381 e. The minimum absolute atomic E-state index is 0.0603. The van der Waals surface area contributed by atoms with Gasteiger partial charge in [-0.2, -0.15) is 0 Å². The summed E-state index contributed by atoms with van der Waals surface area (Å²) in [5.74, 6) is -0.918. The number of carbonyl (C=O) groups is 2. The van der Waals surface area contributed by atoms with Gasteiger partial charge in [0.2, 0.25) is 11.8 Å². The van der Waals surface area contributed by atoms with E-state index in [1.807, 2.05) is 9.80 Å². The molecule has 2 amide bonds. The Bertz CT molecular complexity index is 823. The quantitative estimate of drug-likeness (QED) is 0.708. The van der Waals surface area contributed by atoms with Gasteiger partial charge in [0, 0.05) is 62.5 Å². The summed E-state index contributed by atoms with van der Waals surface area (Å²) in [6, 6.07) is 3.42. The molecular formula is C23H28F2N2O3. The van der Waals surface area contributed by atoms with Crippen molar-refractivity contribution in [2.24, 2.45) is 11.8 Å². The van der Waals surface area contributed by atoms with Gasteiger partial charge < -0.3 is 14.5 Å². The van der Waals surface area contributed by atoms with E-state index in [4.69, 9.17) is 4.74 Å². The molecule has 30 heavy (non-hydrogen) atoms. The summed E-state index contributed by atoms with van der Waals surface area (Å²) in [6.07, 6.45) is 7.03. The maximum absolute atomic E-state index is 13.8. The third-order valence-electron chi connectivity index (χ3n) is 6.60. The summed E-state index contributed by atoms with van der Waals surface area (Å²) < 4.78 is 32.2. The Hall–Kier alpha value is -2.28. The fourth-order valence-corrected chi connectivity index (χ4v) is 4.97. The van der Waals surface area contributed by atoms with Crippen molar-refractivity contribution >= 4 is 17.9 Å². The van der Waals surface area contributed by atoms with Gasteiger partial charge in [0.25, 0.3) is 0 Å². The topological polar surface area (TPSA) is 49.9 Å². The van der Waals surface area contributed by atoms with Crippen molar-refractivity contribution in [1.82, 2.24) is 9.80 Å². The molecule has 4 rings (SSSR count). The van der Waals surface area contributed by atoms with Gasteiger partial charge >= 0.3 is 0 Å². The Labute approximate surface area is 175 Å². The number of carbonyl (C=O) groups excluding carboxylic acids is 2. The van der Waals surface area contributed by atoms with E-state index in [-0.39, 0.29) is 35.3 Å². The van der Waals surface area contributed by atoms with Gasteiger partial charge in [-0.05, 0) is 56.2 Å². The fourth-order valence-electron chi connectivity index (χ4n) is 4.97. The molecule has 3 fully saturated rings. The van der Waals surface area contributed by atoms with Crippen LogP contribution in [0.2, 0.25) is 0 Å². The lowest BCUT2D eigenvalue weighted by Crippen LogP contribution is -2.57. The second-order valence-corrected chi connectivity index (χ2v) is 8.46. The molecule has 0 spiro atoms. The fraction of sp³-hybridized carbons (Fsp3) is 0.565. The van der Waals surface area contributed by atoms with E-state index >= 15 is 0 Å². The Morgan fingerprint density at radius 2 is 1.87 bits per heavy atom. The van der Waals surface area contributed by atoms with Crippen molar-refractivity contribution in [3.63, 3.8) is 0 Å². The number of halogens is 2. The number of likely N-dealkylation sites (tertiary alicyclic amines) is 2. The third kappa shape index (κ3) is 4.56. The molecule has 3 saturated heterocycles. The molecule has 1 aromatic rings. The number of benzene rings is 1. The van der Waals surface area contributed by atoms with Crippen LogP contribution in [0.5, 0.6) is 0 Å². The molecule has 0 unspecified atom stereocenters. The summed E-state index contributed by atoms with van der Waals surface area (Å²) in [5.41, 5.74) is 0.190. The summed E-state index contributed by atoms with van der Waals surface area (Å²) in [5, 5.41) is 0. The highest BCUT2D eigenvalue weighted by Gasteiger charge is 2.40. The number of hydrogen-bond acceptors (Lipinski definition) is 3. The van der Waals surface area contributed by atoms with E-state index in [9.17, 15) is 18.4 Å². The monoisotopic (exact) mass is 418 g/mol. The predicted octanol–water partition coefficient (Wildman–Crippen LogP) is 3.24. The van der Waals surface area contributed by atoms with Crippen LogP contribution in [-0.2, 0) is 14.3 Å². The molecule has 1 aromatic carbocycles. The highest BCUT2D eigenvalue weighted by molar-refractivity contribution is 5.92. The van der Waals surface area contributed by atoms with E-state index in [1.54, 1.807) is 0 Å². The van der Waals surface area contributed by atoms with Crippen molar-refractivity contribution in [1.29, 1.82) is 0 Å². The molecule has 2 atom stereocenters. The van der Waals surface area contributed by atoms with Gasteiger partial charge in [0.15, 0.2) is 0 Å². The average Bonchev–Trinajstić information content (AvgIpc) is 2.77. The Morgan fingerprint density at radius 1 is 1.07 bits per heavy atom. The van der Waals surface area contributed by atoms with Gasteiger partial charge in [-0.3, -0.25) is 9.59 Å². The first-order valence-electron chi connectivity index (χ1n) is 10.8. The molecular weight excluding hydrogens is 390 g/mol. The summed E-state index contributed by atoms with van der Waals surface area (Å²) in [4.78, 5) is 29.5. The molecule has 0 aliphatic carbocycles. The standard InChI is InChI=1S/C23H28F2N2O3/c24-19-5-3-16(20(25)14-19)4-6-22(28)27-10-1-2-18-15-26(11-7-21(18)27)23(29)17-8-12-30-13-9-17/h3-6,14,17-18,21H,1-2,7-13,15H2/t18-,21+/m1/s1. The molecule has 0 radical (unpaired) electrons. The van der Waals surface area contributed by atoms with Crippen LogP contribution in [0.3, 0.4) is 0 Å². The maximum atomic E-state index is 13.8. The lowest BCUT2D eigenvalue weighted by Gasteiger charge is -2.47. The second kappa shape index (κ2) is 9.25. The molecule has 0 aromatic heterocycles. The van der Waals surface area contributed by atoms with Gasteiger partial charge in [0.05, 0.1) is 0 Å². The highest BCUT2D eigenvalue weighted by atomic mass is 19.1. The lowest BCUT2D eigenvalue weighted by molar-refractivity contribution is -0.144. The van der Waals surface area contributed by atoms with Gasteiger partial charge in [0.1, 0.15) is 11.6 Å². The third-order valence-corrected chi connectivity index (χ3v) is 6.60. The SMILES string of the molecule is O=C(C1CCOCC1)N1CC[C@H]2[C@H](CCCN2C(=O)C=Cc2ccc(F)cc2F)C1. The van der Waals surface area contributed by atoms with Crippen molar-refractivity contribution in [3.8, 4) is 0 Å². The van der Waals surface area contributed by atoms with Gasteiger partial charge in [-0.1, -0.05) is 0 Å². The van der Waals surface area contributed by atoms with Crippen molar-refractivity contribution < 1.29 is 23.1 Å². The number of nitrogens with zero attached hydrogens (tertiary/aromatic N) is 2. The van der Waals surface area contributed by atoms with E-state index in [2.05, 4.69) is 0 Å². The Morgan fingerprint density at radius 3 is 2.63 bits per heavy atom. The van der Waals surface area contributed by atoms with Gasteiger partial charge in [-0.15, -0.1) is 0 Å². The first kappa shape index (κ1) is 21.0. The zero-order valence-corrected chi connectivity index (χ0v) is 17.1. The van der Waals surface area contributed by atoms with Gasteiger partial charge in [-0.25, -0.2) is 8.78 Å². The number of amides is 2. The summed E-state index contributed by atoms with van der Waals surface area (Å²) >= 11 is 0. The second-order valence-electron chi connectivity index (χ2n) is 8.46. The average molecular weight is 418 g/mol. The molecule has 7 heteroatoms. The van der Waals surface area contributed by atoms with Crippen LogP contribution < -0.4 is 0 Å². The molecule has 5 nitrogen and oxygen atoms in total. The lowest BCUT2D eigenvalue weighted by atomic mass is 9.83. The molecule has 0 saturated carbocycles. The van der Waals surface area contributed by atoms with Crippen LogP contribution in [-0.4, -0.2) is 60.5 Å².